The summed E-state index contributed by atoms with van der Waals surface area (Å²) in [5.41, 5.74) is 0.448. The number of nitrogens with one attached hydrogen (secondary N) is 2. The quantitative estimate of drug-likeness (QED) is 0.450. The van der Waals surface area contributed by atoms with Crippen LogP contribution in [0, 0.1) is 0 Å². The number of carbonyl (C=O) groups is 3. The predicted octanol–water partition coefficient (Wildman–Crippen LogP) is 2.29. The minimum Gasteiger partial charge on any atom is -0.495 e. The molecule has 0 aromatic heterocycles. The van der Waals surface area contributed by atoms with Crippen LogP contribution in [0.4, 0.5) is 5.69 Å². The Morgan fingerprint density at radius 2 is 1.38 bits per heavy atom. The molecule has 0 aliphatic carbocycles. The number of methoxy groups -OCH3 is 5. The summed E-state index contributed by atoms with van der Waals surface area (Å²) in [5, 5.41) is 5.24. The van der Waals surface area contributed by atoms with Gasteiger partial charge in [-0.05, 0) is 12.1 Å². The van der Waals surface area contributed by atoms with Gasteiger partial charge in [-0.15, -0.1) is 0 Å². The fourth-order valence-electron chi connectivity index (χ4n) is 2.81. The van der Waals surface area contributed by atoms with Crippen LogP contribution in [0.5, 0.6) is 28.7 Å². The van der Waals surface area contributed by atoms with Gasteiger partial charge in [0, 0.05) is 17.7 Å². The minimum absolute atomic E-state index is 0.170. The molecule has 0 saturated carbocycles. The maximum atomic E-state index is 12.4. The zero-order chi connectivity index (χ0) is 25.3. The third-order valence-corrected chi connectivity index (χ3v) is 4.73. The third-order valence-electron chi connectivity index (χ3n) is 4.43. The van der Waals surface area contributed by atoms with Crippen molar-refractivity contribution in [3.63, 3.8) is 0 Å². The highest BCUT2D eigenvalue weighted by Gasteiger charge is 2.18. The van der Waals surface area contributed by atoms with Crippen molar-refractivity contribution in [2.75, 3.05) is 54.0 Å². The monoisotopic (exact) mass is 496 g/mol. The van der Waals surface area contributed by atoms with E-state index in [1.165, 1.54) is 59.8 Å². The lowest BCUT2D eigenvalue weighted by atomic mass is 10.1. The zero-order valence-electron chi connectivity index (χ0n) is 19.3. The molecule has 0 aliphatic heterocycles. The largest absolute Gasteiger partial charge is 0.495 e. The standard InChI is InChI=1S/C22H25ClN2O9/c1-29-15-9-14(16(30-2)8-13(15)23)25-19(26)11-34-20(27)10-24-22(28)12-6-17(31-3)21(33-5)18(7-12)32-4/h6-9H,10-11H2,1-5H3,(H,24,28)(H,25,26). The van der Waals surface area contributed by atoms with Gasteiger partial charge in [0.2, 0.25) is 5.75 Å². The van der Waals surface area contributed by atoms with Gasteiger partial charge in [-0.1, -0.05) is 11.6 Å². The highest BCUT2D eigenvalue weighted by molar-refractivity contribution is 6.32. The maximum Gasteiger partial charge on any atom is 0.325 e. The van der Waals surface area contributed by atoms with Gasteiger partial charge in [0.25, 0.3) is 11.8 Å². The van der Waals surface area contributed by atoms with Gasteiger partial charge in [-0.25, -0.2) is 0 Å². The first-order chi connectivity index (χ1) is 16.3. The van der Waals surface area contributed by atoms with Gasteiger partial charge in [-0.3, -0.25) is 14.4 Å². The van der Waals surface area contributed by atoms with Crippen LogP contribution >= 0.6 is 11.6 Å². The number of ether oxygens (including phenoxy) is 6. The molecule has 0 spiro atoms. The van der Waals surface area contributed by atoms with Crippen molar-refractivity contribution in [3.05, 3.63) is 34.9 Å². The first kappa shape index (κ1) is 26.4. The average molecular weight is 497 g/mol. The summed E-state index contributed by atoms with van der Waals surface area (Å²) < 4.78 is 30.8. The maximum absolute atomic E-state index is 12.4. The van der Waals surface area contributed by atoms with Crippen LogP contribution < -0.4 is 34.3 Å². The molecule has 2 aromatic carbocycles. The SMILES string of the molecule is COc1cc(NC(=O)COC(=O)CNC(=O)c2cc(OC)c(OC)c(OC)c2)c(OC)cc1Cl. The second-order valence-electron chi connectivity index (χ2n) is 6.49. The molecule has 0 fully saturated rings. The molecule has 0 saturated heterocycles. The Hall–Kier alpha value is -3.86. The van der Waals surface area contributed by atoms with E-state index in [-0.39, 0.29) is 22.7 Å². The first-order valence-corrected chi connectivity index (χ1v) is 10.1. The van der Waals surface area contributed by atoms with Crippen LogP contribution in [-0.2, 0) is 14.3 Å². The molecule has 0 unspecified atom stereocenters. The molecule has 0 atom stereocenters. The second kappa shape index (κ2) is 12.4. The van der Waals surface area contributed by atoms with E-state index in [4.69, 9.17) is 40.0 Å². The summed E-state index contributed by atoms with van der Waals surface area (Å²) >= 11 is 6.03. The molecule has 12 heteroatoms. The normalized spacial score (nSPS) is 10.1. The van der Waals surface area contributed by atoms with E-state index in [0.717, 1.165) is 0 Å². The lowest BCUT2D eigenvalue weighted by Crippen LogP contribution is -2.32. The summed E-state index contributed by atoms with van der Waals surface area (Å²) in [4.78, 5) is 36.6. The Bertz CT molecular complexity index is 1030. The summed E-state index contributed by atoms with van der Waals surface area (Å²) in [7, 11) is 7.10. The number of anilines is 1. The summed E-state index contributed by atoms with van der Waals surface area (Å²) in [6.07, 6.45) is 0. The van der Waals surface area contributed by atoms with Crippen molar-refractivity contribution in [2.24, 2.45) is 0 Å². The highest BCUT2D eigenvalue weighted by Crippen LogP contribution is 2.38. The molecule has 2 rings (SSSR count). The number of rotatable bonds is 11. The van der Waals surface area contributed by atoms with E-state index >= 15 is 0 Å². The highest BCUT2D eigenvalue weighted by atomic mass is 35.5. The van der Waals surface area contributed by atoms with Gasteiger partial charge in [-0.2, -0.15) is 0 Å². The number of carbonyl (C=O) groups excluding carboxylic acids is 3. The Morgan fingerprint density at radius 3 is 1.91 bits per heavy atom. The molecule has 0 aliphatic rings. The summed E-state index contributed by atoms with van der Waals surface area (Å²) in [6.45, 7) is -1.06. The number of hydrogen-bond donors (Lipinski definition) is 2. The van der Waals surface area contributed by atoms with Crippen molar-refractivity contribution >= 4 is 35.1 Å². The molecule has 2 aromatic rings. The molecule has 34 heavy (non-hydrogen) atoms. The number of amides is 2. The van der Waals surface area contributed by atoms with E-state index in [1.807, 2.05) is 0 Å². The zero-order valence-corrected chi connectivity index (χ0v) is 20.0. The van der Waals surface area contributed by atoms with E-state index in [0.29, 0.717) is 22.3 Å². The number of benzene rings is 2. The molecule has 2 N–H and O–H groups in total. The smallest absolute Gasteiger partial charge is 0.325 e. The van der Waals surface area contributed by atoms with E-state index in [2.05, 4.69) is 10.6 Å². The lowest BCUT2D eigenvalue weighted by molar-refractivity contribution is -0.146. The number of esters is 1. The fourth-order valence-corrected chi connectivity index (χ4v) is 3.04. The van der Waals surface area contributed by atoms with Crippen molar-refractivity contribution < 1.29 is 42.8 Å². The molecular formula is C22H25ClN2O9. The third kappa shape index (κ3) is 6.58. The molecule has 0 heterocycles. The first-order valence-electron chi connectivity index (χ1n) is 9.73. The molecule has 0 radical (unpaired) electrons. The lowest BCUT2D eigenvalue weighted by Gasteiger charge is -2.14. The number of hydrogen-bond acceptors (Lipinski definition) is 9. The van der Waals surface area contributed by atoms with Crippen LogP contribution in [0.15, 0.2) is 24.3 Å². The molecule has 0 bridgehead atoms. The van der Waals surface area contributed by atoms with Gasteiger partial charge in [0.1, 0.15) is 18.0 Å². The van der Waals surface area contributed by atoms with Crippen LogP contribution in [0.25, 0.3) is 0 Å². The molecule has 11 nitrogen and oxygen atoms in total. The van der Waals surface area contributed by atoms with Gasteiger partial charge < -0.3 is 39.1 Å². The van der Waals surface area contributed by atoms with Crippen molar-refractivity contribution in [2.45, 2.75) is 0 Å². The van der Waals surface area contributed by atoms with Crippen LogP contribution in [0.2, 0.25) is 5.02 Å². The molecule has 184 valence electrons. The van der Waals surface area contributed by atoms with Gasteiger partial charge >= 0.3 is 5.97 Å². The fraction of sp³-hybridized carbons (Fsp3) is 0.318. The predicted molar refractivity (Wildman–Crippen MR) is 123 cm³/mol. The Morgan fingerprint density at radius 1 is 0.794 bits per heavy atom. The summed E-state index contributed by atoms with van der Waals surface area (Å²) in [6, 6.07) is 5.81. The minimum atomic E-state index is -0.823. The molecule has 2 amide bonds. The van der Waals surface area contributed by atoms with Gasteiger partial charge in [0.05, 0.1) is 46.3 Å². The summed E-state index contributed by atoms with van der Waals surface area (Å²) in [5.74, 6) is -0.544. The topological polar surface area (TPSA) is 131 Å². The van der Waals surface area contributed by atoms with Crippen molar-refractivity contribution in [1.29, 1.82) is 0 Å². The Balaban J connectivity index is 1.93. The average Bonchev–Trinajstić information content (AvgIpc) is 2.85. The van der Waals surface area contributed by atoms with Crippen molar-refractivity contribution in [3.8, 4) is 28.7 Å². The van der Waals surface area contributed by atoms with E-state index in [1.54, 1.807) is 0 Å². The Kier molecular flexibility index (Phi) is 9.62. The van der Waals surface area contributed by atoms with Crippen LogP contribution in [0.3, 0.4) is 0 Å². The number of halogens is 1. The van der Waals surface area contributed by atoms with Crippen LogP contribution in [0.1, 0.15) is 10.4 Å². The van der Waals surface area contributed by atoms with E-state index in [9.17, 15) is 14.4 Å². The van der Waals surface area contributed by atoms with E-state index < -0.39 is 30.9 Å². The molecular weight excluding hydrogens is 472 g/mol. The van der Waals surface area contributed by atoms with Crippen molar-refractivity contribution in [1.82, 2.24) is 5.32 Å². The van der Waals surface area contributed by atoms with Gasteiger partial charge in [0.15, 0.2) is 18.1 Å². The second-order valence-corrected chi connectivity index (χ2v) is 6.90. The Labute approximate surface area is 201 Å². The van der Waals surface area contributed by atoms with Crippen LogP contribution in [-0.4, -0.2) is 66.5 Å².